The van der Waals surface area contributed by atoms with Crippen molar-refractivity contribution in [3.63, 3.8) is 0 Å². The zero-order chi connectivity index (χ0) is 8.27. The Hall–Kier alpha value is -0.960. The Morgan fingerprint density at radius 2 is 2.55 bits per heavy atom. The molecular weight excluding hydrogens is 166 g/mol. The fourth-order valence-corrected chi connectivity index (χ4v) is 0.964. The fraction of sp³-hybridized carbons (Fsp3) is 0.286. The minimum absolute atomic E-state index is 0.394. The normalized spacial score (nSPS) is 16.2. The van der Waals surface area contributed by atoms with Crippen LogP contribution < -0.4 is 0 Å². The van der Waals surface area contributed by atoms with Crippen LogP contribution in [0.25, 0.3) is 0 Å². The molecule has 0 spiro atoms. The molecule has 0 atom stereocenters. The number of allylic oxidation sites excluding steroid dienone is 2. The molecule has 11 heavy (non-hydrogen) atoms. The van der Waals surface area contributed by atoms with E-state index in [0.717, 1.165) is 0 Å². The van der Waals surface area contributed by atoms with Crippen molar-refractivity contribution in [3.8, 4) is 0 Å². The number of methoxy groups -OCH3 is 1. The molecule has 0 aromatic rings. The third kappa shape index (κ3) is 1.98. The predicted octanol–water partition coefficient (Wildman–Crippen LogP) is 1.70. The Balaban J connectivity index is 2.59. The molecule has 0 unspecified atom stereocenters. The summed E-state index contributed by atoms with van der Waals surface area (Å²) in [4.78, 5) is 12.3. The number of amides is 1. The molecule has 3 nitrogen and oxygen atoms in total. The van der Waals surface area contributed by atoms with Gasteiger partial charge in [0.1, 0.15) is 0 Å². The van der Waals surface area contributed by atoms with Crippen molar-refractivity contribution in [1.82, 2.24) is 4.90 Å². The van der Waals surface area contributed by atoms with Crippen LogP contribution in [0, 0.1) is 0 Å². The lowest BCUT2D eigenvalue weighted by molar-refractivity contribution is 0.142. The number of ether oxygens (including phenoxy) is 1. The van der Waals surface area contributed by atoms with E-state index in [4.69, 9.17) is 11.6 Å². The largest absolute Gasteiger partial charge is 0.452 e. The SMILES string of the molecule is COC(=O)N1C=CC=C(Cl)C1. The minimum Gasteiger partial charge on any atom is -0.452 e. The van der Waals surface area contributed by atoms with Crippen LogP contribution in [0.1, 0.15) is 0 Å². The molecule has 1 aliphatic rings. The van der Waals surface area contributed by atoms with Gasteiger partial charge in [0.2, 0.25) is 0 Å². The second-order valence-corrected chi connectivity index (χ2v) is 2.54. The van der Waals surface area contributed by atoms with Crippen LogP contribution in [-0.4, -0.2) is 24.6 Å². The van der Waals surface area contributed by atoms with E-state index in [1.165, 1.54) is 12.0 Å². The molecule has 0 fully saturated rings. The highest BCUT2D eigenvalue weighted by Gasteiger charge is 2.13. The molecule has 0 N–H and O–H groups in total. The standard InChI is InChI=1S/C7H8ClNO2/c1-11-7(10)9-4-2-3-6(8)5-9/h2-4H,5H2,1H3. The average Bonchev–Trinajstić information content (AvgIpc) is 2.03. The van der Waals surface area contributed by atoms with Crippen molar-refractivity contribution in [1.29, 1.82) is 0 Å². The van der Waals surface area contributed by atoms with E-state index >= 15 is 0 Å². The molecule has 0 radical (unpaired) electrons. The minimum atomic E-state index is -0.396. The zero-order valence-electron chi connectivity index (χ0n) is 6.08. The van der Waals surface area contributed by atoms with Crippen molar-refractivity contribution in [3.05, 3.63) is 23.4 Å². The van der Waals surface area contributed by atoms with E-state index in [-0.39, 0.29) is 0 Å². The quantitative estimate of drug-likeness (QED) is 0.558. The lowest BCUT2D eigenvalue weighted by atomic mass is 10.4. The molecule has 0 bridgehead atoms. The van der Waals surface area contributed by atoms with Gasteiger partial charge in [-0.15, -0.1) is 0 Å². The van der Waals surface area contributed by atoms with Gasteiger partial charge in [-0.2, -0.15) is 0 Å². The second kappa shape index (κ2) is 3.44. The zero-order valence-corrected chi connectivity index (χ0v) is 6.84. The molecule has 0 aromatic carbocycles. The average molecular weight is 174 g/mol. The second-order valence-electron chi connectivity index (χ2n) is 2.05. The number of nitrogens with zero attached hydrogens (tertiary/aromatic N) is 1. The van der Waals surface area contributed by atoms with E-state index in [9.17, 15) is 4.79 Å². The van der Waals surface area contributed by atoms with Gasteiger partial charge >= 0.3 is 6.09 Å². The van der Waals surface area contributed by atoms with Crippen LogP contribution in [-0.2, 0) is 4.74 Å². The van der Waals surface area contributed by atoms with Crippen molar-refractivity contribution in [2.24, 2.45) is 0 Å². The van der Waals surface area contributed by atoms with Gasteiger partial charge in [0.25, 0.3) is 0 Å². The Kier molecular flexibility index (Phi) is 2.54. The maximum atomic E-state index is 10.9. The summed E-state index contributed by atoms with van der Waals surface area (Å²) in [6.07, 6.45) is 4.66. The first-order valence-electron chi connectivity index (χ1n) is 3.11. The molecule has 4 heteroatoms. The maximum Gasteiger partial charge on any atom is 0.413 e. The third-order valence-electron chi connectivity index (χ3n) is 1.27. The summed E-state index contributed by atoms with van der Waals surface area (Å²) in [6.45, 7) is 0.394. The number of carbonyl (C=O) groups is 1. The van der Waals surface area contributed by atoms with Gasteiger partial charge in [0.05, 0.1) is 13.7 Å². The summed E-state index contributed by atoms with van der Waals surface area (Å²) in [7, 11) is 1.34. The number of carbonyl (C=O) groups excluding carboxylic acids is 1. The Morgan fingerprint density at radius 3 is 3.09 bits per heavy atom. The summed E-state index contributed by atoms with van der Waals surface area (Å²) in [5.74, 6) is 0. The Morgan fingerprint density at radius 1 is 1.82 bits per heavy atom. The van der Waals surface area contributed by atoms with E-state index in [0.29, 0.717) is 11.6 Å². The molecule has 1 amide bonds. The van der Waals surface area contributed by atoms with E-state index in [2.05, 4.69) is 4.74 Å². The van der Waals surface area contributed by atoms with Crippen molar-refractivity contribution < 1.29 is 9.53 Å². The number of rotatable bonds is 0. The summed E-state index contributed by atoms with van der Waals surface area (Å²) in [5.41, 5.74) is 0. The number of halogens is 1. The first kappa shape index (κ1) is 8.14. The van der Waals surface area contributed by atoms with Crippen LogP contribution in [0.5, 0.6) is 0 Å². The summed E-state index contributed by atoms with van der Waals surface area (Å²) in [6, 6.07) is 0. The maximum absolute atomic E-state index is 10.9. The van der Waals surface area contributed by atoms with Gasteiger partial charge in [-0.05, 0) is 12.2 Å². The van der Waals surface area contributed by atoms with Gasteiger partial charge in [0, 0.05) is 11.2 Å². The predicted molar refractivity (Wildman–Crippen MR) is 42.2 cm³/mol. The van der Waals surface area contributed by atoms with Gasteiger partial charge in [-0.3, -0.25) is 4.90 Å². The highest BCUT2D eigenvalue weighted by molar-refractivity contribution is 6.30. The number of hydrogen-bond acceptors (Lipinski definition) is 2. The summed E-state index contributed by atoms with van der Waals surface area (Å²) >= 11 is 5.67. The third-order valence-corrected chi connectivity index (χ3v) is 1.52. The first-order chi connectivity index (χ1) is 5.24. The van der Waals surface area contributed by atoms with Gasteiger partial charge in [-0.1, -0.05) is 11.6 Å². The number of hydrogen-bond donors (Lipinski definition) is 0. The summed E-state index contributed by atoms with van der Waals surface area (Å²) in [5, 5.41) is 0.623. The van der Waals surface area contributed by atoms with E-state index in [1.54, 1.807) is 18.4 Å². The molecule has 0 saturated heterocycles. The molecule has 0 saturated carbocycles. The van der Waals surface area contributed by atoms with Crippen molar-refractivity contribution in [2.45, 2.75) is 0 Å². The molecular formula is C7H8ClNO2. The Bertz CT molecular complexity index is 222. The van der Waals surface area contributed by atoms with Crippen LogP contribution in [0.3, 0.4) is 0 Å². The molecule has 0 aliphatic carbocycles. The van der Waals surface area contributed by atoms with Crippen molar-refractivity contribution in [2.75, 3.05) is 13.7 Å². The Labute approximate surface area is 69.9 Å². The van der Waals surface area contributed by atoms with Crippen molar-refractivity contribution >= 4 is 17.7 Å². The lowest BCUT2D eigenvalue weighted by Gasteiger charge is -2.18. The molecule has 0 aromatic heterocycles. The van der Waals surface area contributed by atoms with Gasteiger partial charge in [-0.25, -0.2) is 4.79 Å². The molecule has 60 valence electrons. The van der Waals surface area contributed by atoms with Gasteiger partial charge < -0.3 is 4.74 Å². The topological polar surface area (TPSA) is 29.5 Å². The van der Waals surface area contributed by atoms with Crippen LogP contribution in [0.2, 0.25) is 0 Å². The fourth-order valence-electron chi connectivity index (χ4n) is 0.762. The first-order valence-corrected chi connectivity index (χ1v) is 3.49. The highest BCUT2D eigenvalue weighted by atomic mass is 35.5. The molecule has 1 aliphatic heterocycles. The van der Waals surface area contributed by atoms with Crippen LogP contribution >= 0.6 is 11.6 Å². The van der Waals surface area contributed by atoms with E-state index in [1.807, 2.05) is 0 Å². The van der Waals surface area contributed by atoms with Crippen LogP contribution in [0.15, 0.2) is 23.4 Å². The highest BCUT2D eigenvalue weighted by Crippen LogP contribution is 2.11. The monoisotopic (exact) mass is 173 g/mol. The lowest BCUT2D eigenvalue weighted by Crippen LogP contribution is -2.27. The molecule has 1 heterocycles. The smallest absolute Gasteiger partial charge is 0.413 e. The van der Waals surface area contributed by atoms with Gasteiger partial charge in [0.15, 0.2) is 0 Å². The van der Waals surface area contributed by atoms with E-state index < -0.39 is 6.09 Å². The molecule has 1 rings (SSSR count). The van der Waals surface area contributed by atoms with Crippen LogP contribution in [0.4, 0.5) is 4.79 Å². The summed E-state index contributed by atoms with van der Waals surface area (Å²) < 4.78 is 4.49.